The minimum Gasteiger partial charge on any atom is -0.439 e. The van der Waals surface area contributed by atoms with Crippen LogP contribution in [0.4, 0.5) is 4.79 Å². The zero-order valence-corrected chi connectivity index (χ0v) is 13.3. The molecule has 1 atom stereocenters. The molecule has 2 fully saturated rings. The summed E-state index contributed by atoms with van der Waals surface area (Å²) < 4.78 is 7.08. The molecule has 124 valence electrons. The number of nitrogens with zero attached hydrogens (tertiary/aromatic N) is 5. The summed E-state index contributed by atoms with van der Waals surface area (Å²) in [4.78, 5) is 31.9. The standard InChI is InChI=1S/C16H17N5O3/c1-19-8-16(24-15(19)23)6-7-20(9-16)14(22)12-4-2-3-5-13(12)21-11-17-10-18-21/h2-5,10-11H,6-9H2,1H3/t16-/m1/s1. The minimum absolute atomic E-state index is 0.0939. The molecule has 0 aliphatic carbocycles. The molecule has 0 unspecified atom stereocenters. The van der Waals surface area contributed by atoms with Gasteiger partial charge in [-0.1, -0.05) is 12.1 Å². The van der Waals surface area contributed by atoms with Crippen molar-refractivity contribution < 1.29 is 14.3 Å². The van der Waals surface area contributed by atoms with Crippen LogP contribution in [0, 0.1) is 0 Å². The smallest absolute Gasteiger partial charge is 0.410 e. The lowest BCUT2D eigenvalue weighted by molar-refractivity contribution is 0.0553. The maximum Gasteiger partial charge on any atom is 0.410 e. The Kier molecular flexibility index (Phi) is 3.26. The third-order valence-electron chi connectivity index (χ3n) is 4.54. The van der Waals surface area contributed by atoms with Crippen LogP contribution in [0.5, 0.6) is 0 Å². The largest absolute Gasteiger partial charge is 0.439 e. The number of ether oxygens (including phenoxy) is 1. The Balaban J connectivity index is 1.59. The summed E-state index contributed by atoms with van der Waals surface area (Å²) in [7, 11) is 1.71. The molecule has 0 radical (unpaired) electrons. The number of likely N-dealkylation sites (N-methyl/N-ethyl adjacent to an activating group) is 1. The van der Waals surface area contributed by atoms with E-state index in [1.54, 1.807) is 33.9 Å². The van der Waals surface area contributed by atoms with Gasteiger partial charge in [-0.2, -0.15) is 5.10 Å². The molecular formula is C16H17N5O3. The zero-order valence-electron chi connectivity index (χ0n) is 13.3. The Morgan fingerprint density at radius 3 is 2.83 bits per heavy atom. The number of benzene rings is 1. The van der Waals surface area contributed by atoms with Gasteiger partial charge in [-0.05, 0) is 12.1 Å². The van der Waals surface area contributed by atoms with Gasteiger partial charge in [0.05, 0.1) is 24.3 Å². The first-order valence-electron chi connectivity index (χ1n) is 7.75. The lowest BCUT2D eigenvalue weighted by atomic mass is 10.0. The molecule has 24 heavy (non-hydrogen) atoms. The molecule has 2 aliphatic heterocycles. The van der Waals surface area contributed by atoms with E-state index in [1.807, 2.05) is 18.2 Å². The van der Waals surface area contributed by atoms with Crippen LogP contribution in [-0.4, -0.2) is 68.8 Å². The van der Waals surface area contributed by atoms with Crippen molar-refractivity contribution in [1.82, 2.24) is 24.6 Å². The van der Waals surface area contributed by atoms with Crippen molar-refractivity contribution in [3.63, 3.8) is 0 Å². The fourth-order valence-electron chi connectivity index (χ4n) is 3.38. The first kappa shape index (κ1) is 14.7. The molecule has 3 heterocycles. The van der Waals surface area contributed by atoms with Crippen LogP contribution in [-0.2, 0) is 4.74 Å². The maximum atomic E-state index is 13.0. The highest BCUT2D eigenvalue weighted by molar-refractivity contribution is 5.98. The number of carbonyl (C=O) groups excluding carboxylic acids is 2. The van der Waals surface area contributed by atoms with Gasteiger partial charge in [0.15, 0.2) is 5.60 Å². The van der Waals surface area contributed by atoms with Crippen molar-refractivity contribution in [1.29, 1.82) is 0 Å². The van der Waals surface area contributed by atoms with Crippen LogP contribution in [0.25, 0.3) is 5.69 Å². The Morgan fingerprint density at radius 2 is 2.12 bits per heavy atom. The molecule has 1 aromatic heterocycles. The number of rotatable bonds is 2. The first-order valence-corrected chi connectivity index (χ1v) is 7.75. The second-order valence-electron chi connectivity index (χ2n) is 6.24. The summed E-state index contributed by atoms with van der Waals surface area (Å²) >= 11 is 0. The fraction of sp³-hybridized carbons (Fsp3) is 0.375. The van der Waals surface area contributed by atoms with E-state index >= 15 is 0 Å². The van der Waals surface area contributed by atoms with Crippen molar-refractivity contribution in [3.8, 4) is 5.69 Å². The highest BCUT2D eigenvalue weighted by atomic mass is 16.6. The number of para-hydroxylation sites is 1. The molecule has 1 spiro atoms. The van der Waals surface area contributed by atoms with E-state index in [0.717, 1.165) is 0 Å². The van der Waals surface area contributed by atoms with E-state index in [0.29, 0.717) is 37.3 Å². The van der Waals surface area contributed by atoms with Gasteiger partial charge in [0.1, 0.15) is 12.7 Å². The second kappa shape index (κ2) is 5.33. The molecule has 8 heteroatoms. The molecule has 8 nitrogen and oxygen atoms in total. The predicted molar refractivity (Wildman–Crippen MR) is 83.7 cm³/mol. The monoisotopic (exact) mass is 327 g/mol. The van der Waals surface area contributed by atoms with Gasteiger partial charge >= 0.3 is 6.09 Å². The molecular weight excluding hydrogens is 310 g/mol. The van der Waals surface area contributed by atoms with E-state index in [9.17, 15) is 9.59 Å². The van der Waals surface area contributed by atoms with Gasteiger partial charge in [-0.25, -0.2) is 14.5 Å². The second-order valence-corrected chi connectivity index (χ2v) is 6.24. The Morgan fingerprint density at radius 1 is 1.29 bits per heavy atom. The van der Waals surface area contributed by atoms with E-state index in [-0.39, 0.29) is 12.0 Å². The summed E-state index contributed by atoms with van der Waals surface area (Å²) in [6.45, 7) is 1.49. The van der Waals surface area contributed by atoms with E-state index in [2.05, 4.69) is 10.1 Å². The molecule has 2 aromatic rings. The third kappa shape index (κ3) is 2.31. The van der Waals surface area contributed by atoms with Crippen molar-refractivity contribution in [3.05, 3.63) is 42.5 Å². The van der Waals surface area contributed by atoms with E-state index in [1.165, 1.54) is 6.33 Å². The fourth-order valence-corrected chi connectivity index (χ4v) is 3.38. The van der Waals surface area contributed by atoms with Gasteiger partial charge in [0, 0.05) is 20.0 Å². The summed E-state index contributed by atoms with van der Waals surface area (Å²) in [6.07, 6.45) is 3.32. The maximum absolute atomic E-state index is 13.0. The summed E-state index contributed by atoms with van der Waals surface area (Å²) in [5.41, 5.74) is 0.656. The SMILES string of the molecule is CN1C[C@@]2(CCN(C(=O)c3ccccc3-n3cncn3)C2)OC1=O. The highest BCUT2D eigenvalue weighted by Gasteiger charge is 2.49. The third-order valence-corrected chi connectivity index (χ3v) is 4.54. The molecule has 1 aromatic carbocycles. The molecule has 2 saturated heterocycles. The normalized spacial score (nSPS) is 23.1. The highest BCUT2D eigenvalue weighted by Crippen LogP contribution is 2.32. The lowest BCUT2D eigenvalue weighted by Crippen LogP contribution is -2.39. The zero-order chi connectivity index (χ0) is 16.7. The number of hydrogen-bond acceptors (Lipinski definition) is 5. The molecule has 0 bridgehead atoms. The number of likely N-dealkylation sites (tertiary alicyclic amines) is 1. The van der Waals surface area contributed by atoms with Gasteiger partial charge in [0.25, 0.3) is 5.91 Å². The quantitative estimate of drug-likeness (QED) is 0.820. The summed E-state index contributed by atoms with van der Waals surface area (Å²) in [5, 5.41) is 4.11. The molecule has 4 rings (SSSR count). The number of carbonyl (C=O) groups is 2. The van der Waals surface area contributed by atoms with Crippen molar-refractivity contribution in [2.24, 2.45) is 0 Å². The van der Waals surface area contributed by atoms with Crippen LogP contribution in [0.15, 0.2) is 36.9 Å². The lowest BCUT2D eigenvalue weighted by Gasteiger charge is -2.22. The first-order chi connectivity index (χ1) is 11.6. The van der Waals surface area contributed by atoms with Gasteiger partial charge in [-0.3, -0.25) is 4.79 Å². The van der Waals surface area contributed by atoms with Crippen LogP contribution in [0.2, 0.25) is 0 Å². The number of hydrogen-bond donors (Lipinski definition) is 0. The van der Waals surface area contributed by atoms with Crippen LogP contribution < -0.4 is 0 Å². The molecule has 0 saturated carbocycles. The Bertz CT molecular complexity index is 791. The molecule has 0 N–H and O–H groups in total. The van der Waals surface area contributed by atoms with Crippen molar-refractivity contribution in [2.75, 3.05) is 26.7 Å². The Hall–Kier alpha value is -2.90. The van der Waals surface area contributed by atoms with Gasteiger partial charge < -0.3 is 14.5 Å². The minimum atomic E-state index is -0.580. The Labute approximate surface area is 138 Å². The van der Waals surface area contributed by atoms with E-state index < -0.39 is 5.60 Å². The summed E-state index contributed by atoms with van der Waals surface area (Å²) in [5.74, 6) is -0.0939. The average molecular weight is 327 g/mol. The van der Waals surface area contributed by atoms with E-state index in [4.69, 9.17) is 4.74 Å². The van der Waals surface area contributed by atoms with Gasteiger partial charge in [0.2, 0.25) is 0 Å². The van der Waals surface area contributed by atoms with Crippen LogP contribution >= 0.6 is 0 Å². The van der Waals surface area contributed by atoms with Crippen molar-refractivity contribution in [2.45, 2.75) is 12.0 Å². The number of aromatic nitrogens is 3. The molecule has 2 amide bonds. The summed E-state index contributed by atoms with van der Waals surface area (Å²) in [6, 6.07) is 7.28. The van der Waals surface area contributed by atoms with Gasteiger partial charge in [-0.15, -0.1) is 0 Å². The van der Waals surface area contributed by atoms with Crippen LogP contribution in [0.3, 0.4) is 0 Å². The van der Waals surface area contributed by atoms with Crippen LogP contribution in [0.1, 0.15) is 16.8 Å². The topological polar surface area (TPSA) is 80.6 Å². The molecule has 2 aliphatic rings. The van der Waals surface area contributed by atoms with Crippen molar-refractivity contribution >= 4 is 12.0 Å². The number of amides is 2. The predicted octanol–water partition coefficient (Wildman–Crippen LogP) is 0.934. The average Bonchev–Trinajstić information content (AvgIpc) is 3.29.